The first-order chi connectivity index (χ1) is 13.6. The van der Waals surface area contributed by atoms with Crippen molar-refractivity contribution in [1.82, 2.24) is 15.1 Å². The van der Waals surface area contributed by atoms with Gasteiger partial charge in [0.25, 0.3) is 11.8 Å². The van der Waals surface area contributed by atoms with Crippen LogP contribution in [-0.2, 0) is 6.54 Å². The summed E-state index contributed by atoms with van der Waals surface area (Å²) in [6.45, 7) is 4.76. The van der Waals surface area contributed by atoms with Crippen LogP contribution in [0, 0.1) is 0 Å². The van der Waals surface area contributed by atoms with Crippen molar-refractivity contribution in [2.24, 2.45) is 4.99 Å². The lowest BCUT2D eigenvalue weighted by Crippen LogP contribution is -2.38. The number of nitrogens with one attached hydrogen (secondary N) is 1. The zero-order valence-electron chi connectivity index (χ0n) is 16.8. The average molecular weight is 526 g/mol. The van der Waals surface area contributed by atoms with Gasteiger partial charge in [-0.05, 0) is 54.3 Å². The van der Waals surface area contributed by atoms with Gasteiger partial charge in [-0.25, -0.2) is 0 Å². The number of carbonyl (C=O) groups is 2. The molecule has 2 heterocycles. The minimum absolute atomic E-state index is 0. The maximum Gasteiger partial charge on any atom is 0.261 e. The number of hydrogen-bond acceptors (Lipinski definition) is 4. The molecule has 2 amide bonds. The quantitative estimate of drug-likeness (QED) is 0.187. The Hall–Kier alpha value is -1.94. The summed E-state index contributed by atoms with van der Waals surface area (Å²) < 4.78 is 0. The Morgan fingerprint density at radius 1 is 1.14 bits per heavy atom. The van der Waals surface area contributed by atoms with Gasteiger partial charge in [-0.1, -0.05) is 12.1 Å². The molecule has 2 aromatic rings. The Morgan fingerprint density at radius 3 is 2.41 bits per heavy atom. The van der Waals surface area contributed by atoms with E-state index in [1.165, 1.54) is 10.5 Å². The van der Waals surface area contributed by atoms with Crippen LogP contribution in [0.3, 0.4) is 0 Å². The van der Waals surface area contributed by atoms with Gasteiger partial charge in [0.05, 0.1) is 11.1 Å². The summed E-state index contributed by atoms with van der Waals surface area (Å²) in [4.78, 5) is 32.9. The van der Waals surface area contributed by atoms with E-state index in [0.717, 1.165) is 31.9 Å². The molecule has 0 spiro atoms. The summed E-state index contributed by atoms with van der Waals surface area (Å²) in [5.74, 6) is 0.496. The highest BCUT2D eigenvalue weighted by Gasteiger charge is 2.34. The molecule has 0 bridgehead atoms. The van der Waals surface area contributed by atoms with E-state index >= 15 is 0 Å². The summed E-state index contributed by atoms with van der Waals surface area (Å²) in [5, 5.41) is 7.53. The minimum Gasteiger partial charge on any atom is -0.357 e. The normalized spacial score (nSPS) is 13.3. The van der Waals surface area contributed by atoms with Crippen LogP contribution < -0.4 is 5.32 Å². The van der Waals surface area contributed by atoms with Gasteiger partial charge >= 0.3 is 0 Å². The average Bonchev–Trinajstić information content (AvgIpc) is 3.29. The fourth-order valence-electron chi connectivity index (χ4n) is 3.21. The van der Waals surface area contributed by atoms with Crippen molar-refractivity contribution < 1.29 is 9.59 Å². The number of aliphatic imine (C=N–C) groups is 1. The number of nitrogens with zero attached hydrogens (tertiary/aromatic N) is 3. The lowest BCUT2D eigenvalue weighted by Gasteiger charge is -2.21. The van der Waals surface area contributed by atoms with Crippen LogP contribution >= 0.6 is 35.3 Å². The Morgan fingerprint density at radius 2 is 1.83 bits per heavy atom. The third-order valence-corrected chi connectivity index (χ3v) is 5.36. The van der Waals surface area contributed by atoms with Gasteiger partial charge in [0.15, 0.2) is 5.96 Å². The molecule has 1 aliphatic heterocycles. The highest BCUT2D eigenvalue weighted by Crippen LogP contribution is 2.22. The standard InChI is InChI=1S/C21H26N4O2S.HI/c1-3-22-21(24(2)14-16-10-13-28-15-16)23-11-6-7-12-25-19(26)17-8-4-5-9-18(17)20(25)27;/h4-5,8-10,13,15H,3,6-7,11-12,14H2,1-2H3,(H,22,23);1H. The number of thiophene rings is 1. The summed E-state index contributed by atoms with van der Waals surface area (Å²) in [6, 6.07) is 9.12. The molecule has 156 valence electrons. The number of fused-ring (bicyclic) bond motifs is 1. The molecule has 0 radical (unpaired) electrons. The van der Waals surface area contributed by atoms with Gasteiger partial charge in [0, 0.05) is 33.2 Å². The Labute approximate surface area is 193 Å². The van der Waals surface area contributed by atoms with Gasteiger partial charge < -0.3 is 10.2 Å². The Balaban J connectivity index is 0.00000300. The van der Waals surface area contributed by atoms with E-state index < -0.39 is 0 Å². The van der Waals surface area contributed by atoms with Crippen LogP contribution in [0.15, 0.2) is 46.1 Å². The first-order valence-corrected chi connectivity index (χ1v) is 10.5. The van der Waals surface area contributed by atoms with Gasteiger partial charge in [-0.2, -0.15) is 11.3 Å². The molecule has 8 heteroatoms. The summed E-state index contributed by atoms with van der Waals surface area (Å²) in [6.07, 6.45) is 1.55. The van der Waals surface area contributed by atoms with Gasteiger partial charge in [0.1, 0.15) is 0 Å². The van der Waals surface area contributed by atoms with E-state index in [-0.39, 0.29) is 35.8 Å². The monoisotopic (exact) mass is 526 g/mol. The van der Waals surface area contributed by atoms with Crippen molar-refractivity contribution in [3.8, 4) is 0 Å². The van der Waals surface area contributed by atoms with Crippen molar-refractivity contribution >= 4 is 53.1 Å². The van der Waals surface area contributed by atoms with Crippen molar-refractivity contribution in [2.75, 3.05) is 26.7 Å². The number of imide groups is 1. The second-order valence-corrected chi connectivity index (χ2v) is 7.52. The maximum absolute atomic E-state index is 12.4. The topological polar surface area (TPSA) is 65.0 Å². The highest BCUT2D eigenvalue weighted by molar-refractivity contribution is 14.0. The lowest BCUT2D eigenvalue weighted by atomic mass is 10.1. The molecule has 1 aromatic heterocycles. The number of halogens is 1. The summed E-state index contributed by atoms with van der Waals surface area (Å²) >= 11 is 1.69. The van der Waals surface area contributed by atoms with Gasteiger partial charge in [0.2, 0.25) is 0 Å². The molecule has 0 atom stereocenters. The minimum atomic E-state index is -0.187. The van der Waals surface area contributed by atoms with Crippen molar-refractivity contribution in [2.45, 2.75) is 26.3 Å². The molecule has 0 fully saturated rings. The number of rotatable bonds is 8. The number of hydrogen-bond donors (Lipinski definition) is 1. The zero-order valence-corrected chi connectivity index (χ0v) is 19.9. The first kappa shape index (κ1) is 23.3. The molecular formula is C21H27IN4O2S. The van der Waals surface area contributed by atoms with Crippen LogP contribution in [0.2, 0.25) is 0 Å². The van der Waals surface area contributed by atoms with E-state index in [2.05, 4.69) is 39.0 Å². The SMILES string of the molecule is CCNC(=NCCCCN1C(=O)c2ccccc2C1=O)N(C)Cc1ccsc1.I. The predicted molar refractivity (Wildman–Crippen MR) is 128 cm³/mol. The summed E-state index contributed by atoms with van der Waals surface area (Å²) in [7, 11) is 2.03. The Bertz CT molecular complexity index is 819. The zero-order chi connectivity index (χ0) is 19.9. The van der Waals surface area contributed by atoms with Crippen LogP contribution in [0.25, 0.3) is 0 Å². The van der Waals surface area contributed by atoms with Crippen LogP contribution in [0.5, 0.6) is 0 Å². The Kier molecular flexibility index (Phi) is 9.09. The predicted octanol–water partition coefficient (Wildman–Crippen LogP) is 3.84. The lowest BCUT2D eigenvalue weighted by molar-refractivity contribution is 0.0652. The molecule has 0 unspecified atom stereocenters. The molecule has 1 aromatic carbocycles. The van der Waals surface area contributed by atoms with E-state index in [4.69, 9.17) is 0 Å². The third kappa shape index (κ3) is 5.79. The molecule has 6 nitrogen and oxygen atoms in total. The second kappa shape index (κ2) is 11.3. The smallest absolute Gasteiger partial charge is 0.261 e. The molecule has 0 saturated heterocycles. The molecule has 0 aliphatic carbocycles. The summed E-state index contributed by atoms with van der Waals surface area (Å²) in [5.41, 5.74) is 2.29. The number of amides is 2. The maximum atomic E-state index is 12.4. The molecule has 1 N–H and O–H groups in total. The van der Waals surface area contributed by atoms with Crippen molar-refractivity contribution in [3.63, 3.8) is 0 Å². The first-order valence-electron chi connectivity index (χ1n) is 9.57. The van der Waals surface area contributed by atoms with Crippen molar-refractivity contribution in [1.29, 1.82) is 0 Å². The van der Waals surface area contributed by atoms with Crippen LogP contribution in [-0.4, -0.2) is 54.3 Å². The van der Waals surface area contributed by atoms with Gasteiger partial charge in [-0.3, -0.25) is 19.5 Å². The van der Waals surface area contributed by atoms with Crippen molar-refractivity contribution in [3.05, 3.63) is 57.8 Å². The number of guanidine groups is 1. The highest BCUT2D eigenvalue weighted by atomic mass is 127. The van der Waals surface area contributed by atoms with E-state index in [0.29, 0.717) is 24.2 Å². The molecule has 0 saturated carbocycles. The number of unbranched alkanes of at least 4 members (excludes halogenated alkanes) is 1. The molecule has 3 rings (SSSR count). The fourth-order valence-corrected chi connectivity index (χ4v) is 3.87. The third-order valence-electron chi connectivity index (χ3n) is 4.63. The largest absolute Gasteiger partial charge is 0.357 e. The van der Waals surface area contributed by atoms with Crippen LogP contribution in [0.4, 0.5) is 0 Å². The molecule has 29 heavy (non-hydrogen) atoms. The molecular weight excluding hydrogens is 499 g/mol. The van der Waals surface area contributed by atoms with Crippen LogP contribution in [0.1, 0.15) is 46.0 Å². The molecule has 1 aliphatic rings. The fraction of sp³-hybridized carbons (Fsp3) is 0.381. The number of benzene rings is 1. The second-order valence-electron chi connectivity index (χ2n) is 6.74. The number of carbonyl (C=O) groups excluding carboxylic acids is 2. The van der Waals surface area contributed by atoms with E-state index in [9.17, 15) is 9.59 Å². The van der Waals surface area contributed by atoms with E-state index in [1.807, 2.05) is 7.05 Å². The van der Waals surface area contributed by atoms with Gasteiger partial charge in [-0.15, -0.1) is 24.0 Å². The van der Waals surface area contributed by atoms with E-state index in [1.54, 1.807) is 35.6 Å².